The minimum Gasteiger partial charge on any atom is -0.454 e. The second-order valence-corrected chi connectivity index (χ2v) is 5.30. The predicted octanol–water partition coefficient (Wildman–Crippen LogP) is 0.660. The fraction of sp³-hybridized carbons (Fsp3) is 0.417. The maximum atomic E-state index is 11.9. The van der Waals surface area contributed by atoms with Crippen LogP contribution >= 0.6 is 15.9 Å². The van der Waals surface area contributed by atoms with Crippen molar-refractivity contribution in [1.82, 2.24) is 16.2 Å². The van der Waals surface area contributed by atoms with Crippen LogP contribution in [0.15, 0.2) is 16.6 Å². The van der Waals surface area contributed by atoms with Crippen LogP contribution in [0.5, 0.6) is 11.5 Å². The molecule has 3 N–H and O–H groups in total. The molecule has 1 unspecified atom stereocenters. The van der Waals surface area contributed by atoms with Crippen molar-refractivity contribution in [2.45, 2.75) is 19.0 Å². The second-order valence-electron chi connectivity index (χ2n) is 4.44. The topological polar surface area (TPSA) is 71.6 Å². The molecule has 0 aliphatic carbocycles. The van der Waals surface area contributed by atoms with Crippen LogP contribution in [0.25, 0.3) is 0 Å². The number of ether oxygens (including phenoxy) is 2. The molecule has 3 rings (SSSR count). The van der Waals surface area contributed by atoms with E-state index in [1.54, 1.807) is 0 Å². The number of nitrogens with one attached hydrogen (secondary N) is 3. The first kappa shape index (κ1) is 12.7. The van der Waals surface area contributed by atoms with Gasteiger partial charge in [0.15, 0.2) is 11.5 Å². The Labute approximate surface area is 118 Å². The average Bonchev–Trinajstić information content (AvgIpc) is 3.06. The molecule has 2 heterocycles. The molecular formula is C12H14BrN3O3. The van der Waals surface area contributed by atoms with E-state index in [0.29, 0.717) is 12.3 Å². The van der Waals surface area contributed by atoms with Crippen LogP contribution < -0.4 is 25.6 Å². The molecule has 6 nitrogen and oxygen atoms in total. The first-order chi connectivity index (χ1) is 9.24. The summed E-state index contributed by atoms with van der Waals surface area (Å²) >= 11 is 3.43. The zero-order valence-electron chi connectivity index (χ0n) is 10.2. The number of carbonyl (C=O) groups is 1. The lowest BCUT2D eigenvalue weighted by molar-refractivity contribution is -0.123. The molecule has 19 heavy (non-hydrogen) atoms. The molecular weight excluding hydrogens is 314 g/mol. The van der Waals surface area contributed by atoms with Crippen LogP contribution in [0.3, 0.4) is 0 Å². The highest BCUT2D eigenvalue weighted by Crippen LogP contribution is 2.39. The Bertz CT molecular complexity index is 503. The monoisotopic (exact) mass is 327 g/mol. The SMILES string of the molecule is O=C(NCc1cc(Br)c2c(c1)OCO2)C1CCNN1. The Balaban J connectivity index is 1.64. The predicted molar refractivity (Wildman–Crippen MR) is 71.7 cm³/mol. The summed E-state index contributed by atoms with van der Waals surface area (Å²) in [6.45, 7) is 1.52. The first-order valence-corrected chi connectivity index (χ1v) is 6.87. The lowest BCUT2D eigenvalue weighted by atomic mass is 10.2. The van der Waals surface area contributed by atoms with E-state index in [1.807, 2.05) is 12.1 Å². The van der Waals surface area contributed by atoms with Gasteiger partial charge in [0.2, 0.25) is 12.7 Å². The lowest BCUT2D eigenvalue weighted by Gasteiger charge is -2.11. The molecule has 2 aliphatic rings. The van der Waals surface area contributed by atoms with E-state index in [1.165, 1.54) is 0 Å². The highest BCUT2D eigenvalue weighted by molar-refractivity contribution is 9.10. The minimum atomic E-state index is -0.155. The molecule has 1 aromatic rings. The van der Waals surface area contributed by atoms with E-state index in [9.17, 15) is 4.79 Å². The van der Waals surface area contributed by atoms with Gasteiger partial charge in [-0.1, -0.05) is 0 Å². The minimum absolute atomic E-state index is 0.00112. The zero-order valence-corrected chi connectivity index (χ0v) is 11.7. The number of hydrogen-bond acceptors (Lipinski definition) is 5. The molecule has 0 radical (unpaired) electrons. The molecule has 1 amide bonds. The summed E-state index contributed by atoms with van der Waals surface area (Å²) in [7, 11) is 0. The van der Waals surface area contributed by atoms with E-state index in [2.05, 4.69) is 32.1 Å². The molecule has 1 saturated heterocycles. The third-order valence-corrected chi connectivity index (χ3v) is 3.69. The molecule has 1 atom stereocenters. The van der Waals surface area contributed by atoms with Crippen molar-refractivity contribution in [3.63, 3.8) is 0 Å². The molecule has 7 heteroatoms. The summed E-state index contributed by atoms with van der Waals surface area (Å²) < 4.78 is 11.5. The number of fused-ring (bicyclic) bond motifs is 1. The van der Waals surface area contributed by atoms with Gasteiger partial charge in [-0.15, -0.1) is 0 Å². The van der Waals surface area contributed by atoms with Gasteiger partial charge in [-0.05, 0) is 40.0 Å². The van der Waals surface area contributed by atoms with Crippen molar-refractivity contribution in [3.05, 3.63) is 22.2 Å². The number of amides is 1. The van der Waals surface area contributed by atoms with Crippen molar-refractivity contribution in [2.24, 2.45) is 0 Å². The summed E-state index contributed by atoms with van der Waals surface area (Å²) in [5.74, 6) is 1.43. The first-order valence-electron chi connectivity index (χ1n) is 6.08. The summed E-state index contributed by atoms with van der Waals surface area (Å²) in [6.07, 6.45) is 0.802. The van der Waals surface area contributed by atoms with Gasteiger partial charge in [0, 0.05) is 13.1 Å². The molecule has 1 fully saturated rings. The van der Waals surface area contributed by atoms with Gasteiger partial charge in [-0.3, -0.25) is 10.2 Å². The third-order valence-electron chi connectivity index (χ3n) is 3.10. The standard InChI is InChI=1S/C12H14BrN3O3/c13-8-3-7(4-10-11(8)19-6-18-10)5-14-12(17)9-1-2-15-16-9/h3-4,9,15-16H,1-2,5-6H2,(H,14,17). The van der Waals surface area contributed by atoms with Crippen molar-refractivity contribution < 1.29 is 14.3 Å². The van der Waals surface area contributed by atoms with Gasteiger partial charge in [0.05, 0.1) is 4.47 Å². The highest BCUT2D eigenvalue weighted by atomic mass is 79.9. The lowest BCUT2D eigenvalue weighted by Crippen LogP contribution is -2.42. The fourth-order valence-corrected chi connectivity index (χ4v) is 2.72. The Morgan fingerprint density at radius 2 is 2.37 bits per heavy atom. The van der Waals surface area contributed by atoms with Crippen molar-refractivity contribution in [3.8, 4) is 11.5 Å². The Kier molecular flexibility index (Phi) is 3.58. The third kappa shape index (κ3) is 2.68. The maximum absolute atomic E-state index is 11.9. The van der Waals surface area contributed by atoms with Crippen LogP contribution in [-0.2, 0) is 11.3 Å². The van der Waals surface area contributed by atoms with Gasteiger partial charge in [0.25, 0.3) is 0 Å². The quantitative estimate of drug-likeness (QED) is 0.760. The molecule has 0 spiro atoms. The van der Waals surface area contributed by atoms with E-state index in [0.717, 1.165) is 28.8 Å². The van der Waals surface area contributed by atoms with Crippen molar-refractivity contribution in [1.29, 1.82) is 0 Å². The van der Waals surface area contributed by atoms with Crippen molar-refractivity contribution >= 4 is 21.8 Å². The van der Waals surface area contributed by atoms with E-state index in [-0.39, 0.29) is 18.7 Å². The Hall–Kier alpha value is -1.31. The normalized spacial score (nSPS) is 20.6. The summed E-state index contributed by atoms with van der Waals surface area (Å²) in [4.78, 5) is 11.9. The summed E-state index contributed by atoms with van der Waals surface area (Å²) in [5.41, 5.74) is 6.84. The van der Waals surface area contributed by atoms with E-state index >= 15 is 0 Å². The average molecular weight is 328 g/mol. The molecule has 0 bridgehead atoms. The smallest absolute Gasteiger partial charge is 0.238 e. The van der Waals surface area contributed by atoms with Gasteiger partial charge in [-0.2, -0.15) is 0 Å². The number of hydrogen-bond donors (Lipinski definition) is 3. The van der Waals surface area contributed by atoms with Crippen LogP contribution in [0.2, 0.25) is 0 Å². The van der Waals surface area contributed by atoms with Crippen LogP contribution in [-0.4, -0.2) is 25.3 Å². The molecule has 102 valence electrons. The largest absolute Gasteiger partial charge is 0.454 e. The van der Waals surface area contributed by atoms with Gasteiger partial charge in [-0.25, -0.2) is 5.43 Å². The summed E-state index contributed by atoms with van der Waals surface area (Å²) in [5, 5.41) is 2.90. The van der Waals surface area contributed by atoms with Crippen LogP contribution in [0.4, 0.5) is 0 Å². The molecule has 0 aromatic heterocycles. The van der Waals surface area contributed by atoms with Crippen LogP contribution in [0.1, 0.15) is 12.0 Å². The zero-order chi connectivity index (χ0) is 13.2. The van der Waals surface area contributed by atoms with Crippen molar-refractivity contribution in [2.75, 3.05) is 13.3 Å². The van der Waals surface area contributed by atoms with E-state index < -0.39 is 0 Å². The summed E-state index contributed by atoms with van der Waals surface area (Å²) in [6, 6.07) is 3.65. The maximum Gasteiger partial charge on any atom is 0.238 e. The van der Waals surface area contributed by atoms with Gasteiger partial charge < -0.3 is 14.8 Å². The number of benzene rings is 1. The van der Waals surface area contributed by atoms with Gasteiger partial charge in [0.1, 0.15) is 6.04 Å². The van der Waals surface area contributed by atoms with Gasteiger partial charge >= 0.3 is 0 Å². The number of rotatable bonds is 3. The Morgan fingerprint density at radius 1 is 1.47 bits per heavy atom. The Morgan fingerprint density at radius 3 is 3.16 bits per heavy atom. The number of carbonyl (C=O) groups excluding carboxylic acids is 1. The molecule has 2 aliphatic heterocycles. The number of hydrazine groups is 1. The fourth-order valence-electron chi connectivity index (χ4n) is 2.12. The highest BCUT2D eigenvalue weighted by Gasteiger charge is 2.22. The number of halogens is 1. The molecule has 1 aromatic carbocycles. The van der Waals surface area contributed by atoms with E-state index in [4.69, 9.17) is 9.47 Å². The second kappa shape index (κ2) is 5.36. The molecule has 0 saturated carbocycles. The van der Waals surface area contributed by atoms with Crippen LogP contribution in [0, 0.1) is 0 Å².